The Balaban J connectivity index is 1.65. The van der Waals surface area contributed by atoms with Crippen molar-refractivity contribution in [3.63, 3.8) is 0 Å². The lowest BCUT2D eigenvalue weighted by atomic mass is 10.1. The Morgan fingerprint density at radius 3 is 2.29 bits per heavy atom. The van der Waals surface area contributed by atoms with E-state index in [0.29, 0.717) is 11.0 Å². The lowest BCUT2D eigenvalue weighted by Gasteiger charge is -2.16. The molecule has 2 aromatic heterocycles. The molecule has 0 aliphatic heterocycles. The molecule has 0 bridgehead atoms. The number of hydrogen-bond donors (Lipinski definition) is 1. The first kappa shape index (κ1) is 26.4. The summed E-state index contributed by atoms with van der Waals surface area (Å²) in [6.07, 6.45) is -1.65. The number of aromatic nitrogens is 1. The first-order valence-electron chi connectivity index (χ1n) is 12.8. The van der Waals surface area contributed by atoms with Gasteiger partial charge in [0.05, 0.1) is 34.2 Å². The number of carbonyl (C=O) groups is 1. The molecule has 1 N–H and O–H groups in total. The summed E-state index contributed by atoms with van der Waals surface area (Å²) in [5.41, 5.74) is 1.17. The van der Waals surface area contributed by atoms with Crippen molar-refractivity contribution in [3.8, 4) is 5.75 Å². The van der Waals surface area contributed by atoms with Crippen LogP contribution in [0.2, 0.25) is 0 Å². The summed E-state index contributed by atoms with van der Waals surface area (Å²) in [6, 6.07) is 30.8. The number of methoxy groups -OCH3 is 1. The van der Waals surface area contributed by atoms with E-state index in [2.05, 4.69) is 0 Å². The van der Waals surface area contributed by atoms with Crippen LogP contribution in [0.25, 0.3) is 21.9 Å². The fourth-order valence-corrected chi connectivity index (χ4v) is 6.51. The molecule has 6 rings (SSSR count). The zero-order valence-electron chi connectivity index (χ0n) is 21.9. The van der Waals surface area contributed by atoms with Gasteiger partial charge in [-0.3, -0.25) is 0 Å². The summed E-state index contributed by atoms with van der Waals surface area (Å²) in [5, 5.41) is 12.7. The molecule has 0 aliphatic rings. The fraction of sp³-hybridized carbons (Fsp3) is 0.0938. The van der Waals surface area contributed by atoms with Crippen LogP contribution >= 0.6 is 0 Å². The van der Waals surface area contributed by atoms with E-state index >= 15 is 0 Å². The molecule has 0 aliphatic carbocycles. The average molecular weight is 568 g/mol. The molecule has 4 aromatic carbocycles. The number of carbonyl (C=O) groups excluding carboxylic acids is 1. The van der Waals surface area contributed by atoms with Gasteiger partial charge in [0.15, 0.2) is 6.10 Å². The number of esters is 1. The standard InChI is InChI=1S/C32H25NO7S/c1-38-32(35)29-28-24(16-10-18-26(28)39-20-21-11-4-2-5-12-21)33(41(36,37)23-14-6-3-7-15-23)30(29)31(34)27-19-22-13-8-9-17-25(22)40-27/h2-19,31,34H,20H2,1H3. The summed E-state index contributed by atoms with van der Waals surface area (Å²) in [5.74, 6) is -0.514. The van der Waals surface area contributed by atoms with Crippen LogP contribution in [-0.4, -0.2) is 30.6 Å². The monoisotopic (exact) mass is 567 g/mol. The lowest BCUT2D eigenvalue weighted by molar-refractivity contribution is 0.0596. The summed E-state index contributed by atoms with van der Waals surface area (Å²) >= 11 is 0. The van der Waals surface area contributed by atoms with Crippen molar-refractivity contribution in [1.82, 2.24) is 3.97 Å². The second-order valence-electron chi connectivity index (χ2n) is 9.35. The van der Waals surface area contributed by atoms with E-state index in [0.717, 1.165) is 9.54 Å². The lowest BCUT2D eigenvalue weighted by Crippen LogP contribution is -2.20. The molecule has 9 heteroatoms. The van der Waals surface area contributed by atoms with E-state index in [1.165, 1.54) is 19.2 Å². The van der Waals surface area contributed by atoms with E-state index in [4.69, 9.17) is 13.9 Å². The number of fused-ring (bicyclic) bond motifs is 2. The zero-order valence-corrected chi connectivity index (χ0v) is 22.7. The normalized spacial score (nSPS) is 12.4. The molecule has 6 aromatic rings. The first-order chi connectivity index (χ1) is 19.9. The van der Waals surface area contributed by atoms with E-state index in [-0.39, 0.29) is 45.2 Å². The van der Waals surface area contributed by atoms with Gasteiger partial charge in [-0.2, -0.15) is 0 Å². The Bertz CT molecular complexity index is 1940. The van der Waals surface area contributed by atoms with Gasteiger partial charge in [-0.05, 0) is 42.0 Å². The van der Waals surface area contributed by atoms with E-state index in [1.807, 2.05) is 42.5 Å². The van der Waals surface area contributed by atoms with Crippen LogP contribution in [-0.2, 0) is 21.4 Å². The van der Waals surface area contributed by atoms with Crippen LogP contribution in [0.5, 0.6) is 5.75 Å². The van der Waals surface area contributed by atoms with Gasteiger partial charge in [0.2, 0.25) is 0 Å². The average Bonchev–Trinajstić information content (AvgIpc) is 3.61. The maximum absolute atomic E-state index is 14.2. The minimum absolute atomic E-state index is 0.0259. The number of hydrogen-bond acceptors (Lipinski definition) is 7. The summed E-state index contributed by atoms with van der Waals surface area (Å²) < 4.78 is 46.6. The van der Waals surface area contributed by atoms with Crippen molar-refractivity contribution in [2.45, 2.75) is 17.6 Å². The number of ether oxygens (including phenoxy) is 2. The predicted octanol–water partition coefficient (Wildman–Crippen LogP) is 6.07. The highest BCUT2D eigenvalue weighted by Gasteiger charge is 2.37. The number of furan rings is 1. The Morgan fingerprint density at radius 1 is 0.902 bits per heavy atom. The quantitative estimate of drug-likeness (QED) is 0.222. The predicted molar refractivity (Wildman–Crippen MR) is 153 cm³/mol. The Labute approximate surface area is 236 Å². The number of rotatable bonds is 8. The van der Waals surface area contributed by atoms with Crippen LogP contribution in [0, 0.1) is 0 Å². The van der Waals surface area contributed by atoms with E-state index < -0.39 is 22.1 Å². The van der Waals surface area contributed by atoms with Crippen LogP contribution in [0.15, 0.2) is 119 Å². The number of aliphatic hydroxyl groups excluding tert-OH is 1. The van der Waals surface area contributed by atoms with E-state index in [9.17, 15) is 18.3 Å². The molecule has 0 spiro atoms. The molecule has 0 saturated carbocycles. The molecule has 1 atom stereocenters. The van der Waals surface area contributed by atoms with Gasteiger partial charge in [0, 0.05) is 5.39 Å². The third-order valence-corrected chi connectivity index (χ3v) is 8.57. The molecule has 0 saturated heterocycles. The van der Waals surface area contributed by atoms with Gasteiger partial charge in [-0.15, -0.1) is 0 Å². The SMILES string of the molecule is COC(=O)c1c(C(O)c2cc3ccccc3o2)n(S(=O)(=O)c2ccccc2)c2cccc(OCc3ccccc3)c12. The van der Waals surface area contributed by atoms with Crippen molar-refractivity contribution >= 4 is 37.9 Å². The van der Waals surface area contributed by atoms with Gasteiger partial charge in [0.1, 0.15) is 23.7 Å². The highest BCUT2D eigenvalue weighted by atomic mass is 32.2. The molecule has 1 unspecified atom stereocenters. The van der Waals surface area contributed by atoms with Gasteiger partial charge in [-0.25, -0.2) is 17.2 Å². The third-order valence-electron chi connectivity index (χ3n) is 6.83. The third kappa shape index (κ3) is 4.65. The fourth-order valence-electron chi connectivity index (χ4n) is 4.94. The second kappa shape index (κ2) is 10.6. The second-order valence-corrected chi connectivity index (χ2v) is 11.1. The molecule has 0 radical (unpaired) electrons. The van der Waals surface area contributed by atoms with Crippen molar-refractivity contribution < 1.29 is 32.2 Å². The molecule has 206 valence electrons. The molecule has 8 nitrogen and oxygen atoms in total. The molecular formula is C32H25NO7S. The molecule has 41 heavy (non-hydrogen) atoms. The van der Waals surface area contributed by atoms with Crippen LogP contribution in [0.4, 0.5) is 0 Å². The molecule has 0 fully saturated rings. The Morgan fingerprint density at radius 2 is 1.59 bits per heavy atom. The Hall–Kier alpha value is -4.86. The molecule has 2 heterocycles. The smallest absolute Gasteiger partial charge is 0.340 e. The van der Waals surface area contributed by atoms with Gasteiger partial charge < -0.3 is 19.0 Å². The van der Waals surface area contributed by atoms with Crippen molar-refractivity contribution in [2.24, 2.45) is 0 Å². The minimum Gasteiger partial charge on any atom is -0.488 e. The number of aliphatic hydroxyl groups is 1. The number of nitrogens with zero attached hydrogens (tertiary/aromatic N) is 1. The van der Waals surface area contributed by atoms with Crippen molar-refractivity contribution in [1.29, 1.82) is 0 Å². The van der Waals surface area contributed by atoms with Gasteiger partial charge in [-0.1, -0.05) is 72.8 Å². The first-order valence-corrected chi connectivity index (χ1v) is 14.2. The van der Waals surface area contributed by atoms with Crippen LogP contribution in [0.3, 0.4) is 0 Å². The van der Waals surface area contributed by atoms with Gasteiger partial charge in [0.25, 0.3) is 10.0 Å². The summed E-state index contributed by atoms with van der Waals surface area (Å²) in [7, 11) is -3.14. The zero-order chi connectivity index (χ0) is 28.6. The maximum atomic E-state index is 14.2. The summed E-state index contributed by atoms with van der Waals surface area (Å²) in [4.78, 5) is 13.4. The molecule has 0 amide bonds. The summed E-state index contributed by atoms with van der Waals surface area (Å²) in [6.45, 7) is 0.165. The van der Waals surface area contributed by atoms with Crippen LogP contribution in [0.1, 0.15) is 33.5 Å². The van der Waals surface area contributed by atoms with E-state index in [1.54, 1.807) is 54.6 Å². The van der Waals surface area contributed by atoms with Gasteiger partial charge >= 0.3 is 5.97 Å². The molecular weight excluding hydrogens is 542 g/mol. The Kier molecular flexibility index (Phi) is 6.82. The highest BCUT2D eigenvalue weighted by molar-refractivity contribution is 7.90. The topological polar surface area (TPSA) is 108 Å². The van der Waals surface area contributed by atoms with Crippen molar-refractivity contribution in [2.75, 3.05) is 7.11 Å². The van der Waals surface area contributed by atoms with Crippen molar-refractivity contribution in [3.05, 3.63) is 132 Å². The number of benzene rings is 4. The highest BCUT2D eigenvalue weighted by Crippen LogP contribution is 2.42. The largest absolute Gasteiger partial charge is 0.488 e. The number of para-hydroxylation sites is 1. The minimum atomic E-state index is -4.33. The van der Waals surface area contributed by atoms with Crippen LogP contribution < -0.4 is 4.74 Å². The maximum Gasteiger partial charge on any atom is 0.340 e.